The van der Waals surface area contributed by atoms with Gasteiger partial charge in [0, 0.05) is 13.1 Å². The summed E-state index contributed by atoms with van der Waals surface area (Å²) in [5.74, 6) is 1.11. The van der Waals surface area contributed by atoms with Crippen LogP contribution < -0.4 is 10.6 Å². The number of likely N-dealkylation sites (N-methyl/N-ethyl adjacent to an activating group) is 1. The Morgan fingerprint density at radius 1 is 1.70 bits per heavy atom. The van der Waals surface area contributed by atoms with Crippen molar-refractivity contribution in [2.75, 3.05) is 20.1 Å². The molecule has 0 fully saturated rings. The van der Waals surface area contributed by atoms with Crippen LogP contribution in [0.5, 0.6) is 0 Å². The Balaban J connectivity index is 2.44. The van der Waals surface area contributed by atoms with E-state index in [-0.39, 0.29) is 0 Å². The van der Waals surface area contributed by atoms with Gasteiger partial charge in [0.25, 0.3) is 0 Å². The third-order valence-corrected chi connectivity index (χ3v) is 1.77. The zero-order valence-corrected chi connectivity index (χ0v) is 6.65. The SMILES string of the molecule is CNC(C)C1=NCCCN1. The van der Waals surface area contributed by atoms with E-state index >= 15 is 0 Å². The fraction of sp³-hybridized carbons (Fsp3) is 0.857. The van der Waals surface area contributed by atoms with Crippen LogP contribution >= 0.6 is 0 Å². The maximum Gasteiger partial charge on any atom is 0.113 e. The molecule has 10 heavy (non-hydrogen) atoms. The van der Waals surface area contributed by atoms with Crippen LogP contribution in [0.2, 0.25) is 0 Å². The Morgan fingerprint density at radius 3 is 3.00 bits per heavy atom. The molecule has 1 aliphatic rings. The van der Waals surface area contributed by atoms with Crippen LogP contribution in [0, 0.1) is 0 Å². The predicted molar refractivity (Wildman–Crippen MR) is 43.4 cm³/mol. The van der Waals surface area contributed by atoms with Crippen molar-refractivity contribution in [2.45, 2.75) is 19.4 Å². The summed E-state index contributed by atoms with van der Waals surface area (Å²) >= 11 is 0. The number of amidine groups is 1. The molecule has 3 heteroatoms. The molecule has 58 valence electrons. The van der Waals surface area contributed by atoms with Gasteiger partial charge in [0.1, 0.15) is 5.84 Å². The number of nitrogens with zero attached hydrogens (tertiary/aromatic N) is 1. The molecule has 1 unspecified atom stereocenters. The van der Waals surface area contributed by atoms with Crippen molar-refractivity contribution in [3.05, 3.63) is 0 Å². The largest absolute Gasteiger partial charge is 0.372 e. The average molecular weight is 141 g/mol. The van der Waals surface area contributed by atoms with Gasteiger partial charge in [0.05, 0.1) is 6.04 Å². The maximum atomic E-state index is 4.34. The van der Waals surface area contributed by atoms with Crippen LogP contribution in [0.15, 0.2) is 4.99 Å². The first-order valence-electron chi connectivity index (χ1n) is 3.80. The minimum atomic E-state index is 0.375. The van der Waals surface area contributed by atoms with E-state index < -0.39 is 0 Å². The Kier molecular flexibility index (Phi) is 2.68. The normalized spacial score (nSPS) is 21.2. The van der Waals surface area contributed by atoms with E-state index in [2.05, 4.69) is 22.5 Å². The van der Waals surface area contributed by atoms with E-state index in [0.29, 0.717) is 6.04 Å². The minimum absolute atomic E-state index is 0.375. The van der Waals surface area contributed by atoms with Crippen molar-refractivity contribution < 1.29 is 0 Å². The van der Waals surface area contributed by atoms with Gasteiger partial charge in [0.15, 0.2) is 0 Å². The summed E-state index contributed by atoms with van der Waals surface area (Å²) in [6.07, 6.45) is 1.17. The number of nitrogens with one attached hydrogen (secondary N) is 2. The highest BCUT2D eigenvalue weighted by molar-refractivity contribution is 5.87. The molecule has 1 heterocycles. The maximum absolute atomic E-state index is 4.34. The highest BCUT2D eigenvalue weighted by atomic mass is 15.1. The predicted octanol–water partition coefficient (Wildman–Crippen LogP) is -0.0139. The molecule has 0 bridgehead atoms. The third kappa shape index (κ3) is 1.70. The molecule has 0 radical (unpaired) electrons. The molecule has 0 spiro atoms. The number of hydrogen-bond donors (Lipinski definition) is 2. The highest BCUT2D eigenvalue weighted by Crippen LogP contribution is 1.92. The summed E-state index contributed by atoms with van der Waals surface area (Å²) in [7, 11) is 1.95. The van der Waals surface area contributed by atoms with Crippen molar-refractivity contribution in [1.29, 1.82) is 0 Å². The Hall–Kier alpha value is -0.570. The van der Waals surface area contributed by atoms with Crippen molar-refractivity contribution in [3.63, 3.8) is 0 Å². The molecule has 0 saturated heterocycles. The molecular weight excluding hydrogens is 126 g/mol. The Labute approximate surface area is 61.9 Å². The molecule has 2 N–H and O–H groups in total. The Morgan fingerprint density at radius 2 is 2.50 bits per heavy atom. The highest BCUT2D eigenvalue weighted by Gasteiger charge is 2.09. The zero-order chi connectivity index (χ0) is 7.40. The Bertz CT molecular complexity index is 131. The van der Waals surface area contributed by atoms with E-state index in [9.17, 15) is 0 Å². The summed E-state index contributed by atoms with van der Waals surface area (Å²) in [5, 5.41) is 6.40. The lowest BCUT2D eigenvalue weighted by Gasteiger charge is -2.19. The van der Waals surface area contributed by atoms with Gasteiger partial charge in [-0.3, -0.25) is 4.99 Å². The van der Waals surface area contributed by atoms with Gasteiger partial charge in [-0.1, -0.05) is 0 Å². The van der Waals surface area contributed by atoms with Crippen LogP contribution in [-0.2, 0) is 0 Å². The second kappa shape index (κ2) is 3.56. The first kappa shape index (κ1) is 7.54. The summed E-state index contributed by atoms with van der Waals surface area (Å²) in [6, 6.07) is 0.375. The summed E-state index contributed by atoms with van der Waals surface area (Å²) < 4.78 is 0. The molecule has 1 aliphatic heterocycles. The third-order valence-electron chi connectivity index (χ3n) is 1.77. The van der Waals surface area contributed by atoms with Gasteiger partial charge in [-0.15, -0.1) is 0 Å². The van der Waals surface area contributed by atoms with Crippen LogP contribution in [0.4, 0.5) is 0 Å². The fourth-order valence-electron chi connectivity index (χ4n) is 0.978. The van der Waals surface area contributed by atoms with Gasteiger partial charge in [0.2, 0.25) is 0 Å². The molecule has 0 aromatic heterocycles. The topological polar surface area (TPSA) is 36.4 Å². The smallest absolute Gasteiger partial charge is 0.113 e. The first-order valence-corrected chi connectivity index (χ1v) is 3.80. The minimum Gasteiger partial charge on any atom is -0.372 e. The number of aliphatic imine (C=N–C) groups is 1. The lowest BCUT2D eigenvalue weighted by atomic mass is 10.2. The van der Waals surface area contributed by atoms with Crippen molar-refractivity contribution in [1.82, 2.24) is 10.6 Å². The van der Waals surface area contributed by atoms with Crippen molar-refractivity contribution in [2.24, 2.45) is 4.99 Å². The summed E-state index contributed by atoms with van der Waals surface area (Å²) in [6.45, 7) is 4.16. The summed E-state index contributed by atoms with van der Waals surface area (Å²) in [4.78, 5) is 4.34. The van der Waals surface area contributed by atoms with E-state index in [0.717, 1.165) is 18.9 Å². The van der Waals surface area contributed by atoms with Crippen LogP contribution in [0.25, 0.3) is 0 Å². The number of rotatable bonds is 2. The lowest BCUT2D eigenvalue weighted by molar-refractivity contribution is 0.669. The van der Waals surface area contributed by atoms with E-state index in [1.165, 1.54) is 6.42 Å². The van der Waals surface area contributed by atoms with E-state index in [1.54, 1.807) is 0 Å². The summed E-state index contributed by atoms with van der Waals surface area (Å²) in [5.41, 5.74) is 0. The fourth-order valence-corrected chi connectivity index (χ4v) is 0.978. The molecule has 0 aromatic carbocycles. The van der Waals surface area contributed by atoms with Gasteiger partial charge in [-0.25, -0.2) is 0 Å². The van der Waals surface area contributed by atoms with Crippen molar-refractivity contribution >= 4 is 5.84 Å². The molecular formula is C7H15N3. The van der Waals surface area contributed by atoms with Crippen LogP contribution in [-0.4, -0.2) is 32.0 Å². The molecule has 0 saturated carbocycles. The van der Waals surface area contributed by atoms with Crippen molar-refractivity contribution in [3.8, 4) is 0 Å². The first-order chi connectivity index (χ1) is 4.84. The second-order valence-corrected chi connectivity index (χ2v) is 2.56. The van der Waals surface area contributed by atoms with Crippen LogP contribution in [0.1, 0.15) is 13.3 Å². The van der Waals surface area contributed by atoms with Gasteiger partial charge < -0.3 is 10.6 Å². The second-order valence-electron chi connectivity index (χ2n) is 2.56. The van der Waals surface area contributed by atoms with Gasteiger partial charge in [-0.2, -0.15) is 0 Å². The van der Waals surface area contributed by atoms with Gasteiger partial charge in [-0.05, 0) is 20.4 Å². The van der Waals surface area contributed by atoms with Gasteiger partial charge >= 0.3 is 0 Å². The molecule has 3 nitrogen and oxygen atoms in total. The van der Waals surface area contributed by atoms with Crippen LogP contribution in [0.3, 0.4) is 0 Å². The lowest BCUT2D eigenvalue weighted by Crippen LogP contribution is -2.43. The van der Waals surface area contributed by atoms with E-state index in [4.69, 9.17) is 0 Å². The molecule has 1 rings (SSSR count). The zero-order valence-electron chi connectivity index (χ0n) is 6.65. The monoisotopic (exact) mass is 141 g/mol. The molecule has 1 atom stereocenters. The quantitative estimate of drug-likeness (QED) is 0.567. The van der Waals surface area contributed by atoms with E-state index in [1.807, 2.05) is 7.05 Å². The molecule has 0 amide bonds. The molecule has 0 aliphatic carbocycles. The standard InChI is InChI=1S/C7H15N3/c1-6(8-2)7-9-4-3-5-10-7/h6,8H,3-5H2,1-2H3,(H,9,10). The number of hydrogen-bond acceptors (Lipinski definition) is 3. The average Bonchev–Trinajstić information content (AvgIpc) is 2.05. The molecule has 0 aromatic rings.